The number of hydrogen-bond donors (Lipinski definition) is 0. The first-order chi connectivity index (χ1) is 10.3. The van der Waals surface area contributed by atoms with Gasteiger partial charge in [-0.2, -0.15) is 0 Å². The Bertz CT molecular complexity index is 601. The zero-order valence-corrected chi connectivity index (χ0v) is 12.6. The Morgan fingerprint density at radius 1 is 0.857 bits per heavy atom. The van der Waals surface area contributed by atoms with Crippen molar-refractivity contribution in [3.63, 3.8) is 0 Å². The zero-order valence-electron chi connectivity index (χ0n) is 12.6. The normalized spacial score (nSPS) is 9.81. The van der Waals surface area contributed by atoms with Crippen molar-refractivity contribution in [3.8, 4) is 17.6 Å². The Morgan fingerprint density at radius 2 is 1.43 bits per heavy atom. The monoisotopic (exact) mass is 280 g/mol. The van der Waals surface area contributed by atoms with Crippen molar-refractivity contribution in [2.75, 3.05) is 13.9 Å². The molecule has 2 heteroatoms. The highest BCUT2D eigenvalue weighted by atomic mass is 16.7. The summed E-state index contributed by atoms with van der Waals surface area (Å²) in [5, 5.41) is 0. The second-order valence-corrected chi connectivity index (χ2v) is 4.77. The highest BCUT2D eigenvalue weighted by Crippen LogP contribution is 2.12. The van der Waals surface area contributed by atoms with Crippen LogP contribution in [-0.4, -0.2) is 13.9 Å². The summed E-state index contributed by atoms with van der Waals surface area (Å²) in [5.74, 6) is 7.12. The molecule has 0 saturated heterocycles. The van der Waals surface area contributed by atoms with Gasteiger partial charge >= 0.3 is 0 Å². The van der Waals surface area contributed by atoms with E-state index in [1.165, 1.54) is 12.0 Å². The molecule has 0 aliphatic rings. The number of ether oxygens (including phenoxy) is 2. The third-order valence-electron chi connectivity index (χ3n) is 3.04. The van der Waals surface area contributed by atoms with Crippen LogP contribution in [0.4, 0.5) is 0 Å². The third-order valence-corrected chi connectivity index (χ3v) is 3.04. The lowest BCUT2D eigenvalue weighted by atomic mass is 10.1. The molecular formula is C19H20O2. The van der Waals surface area contributed by atoms with Crippen molar-refractivity contribution in [3.05, 3.63) is 65.2 Å². The van der Waals surface area contributed by atoms with Gasteiger partial charge in [-0.15, -0.1) is 0 Å². The van der Waals surface area contributed by atoms with Crippen LogP contribution >= 0.6 is 0 Å². The minimum absolute atomic E-state index is 0.259. The van der Waals surface area contributed by atoms with Crippen molar-refractivity contribution >= 4 is 0 Å². The van der Waals surface area contributed by atoms with Gasteiger partial charge in [-0.25, -0.2) is 0 Å². The van der Waals surface area contributed by atoms with Crippen molar-refractivity contribution < 1.29 is 9.47 Å². The molecule has 0 atom stereocenters. The van der Waals surface area contributed by atoms with Crippen LogP contribution in [0.1, 0.15) is 30.0 Å². The van der Waals surface area contributed by atoms with E-state index in [4.69, 9.17) is 9.47 Å². The molecule has 108 valence electrons. The molecular weight excluding hydrogens is 260 g/mol. The van der Waals surface area contributed by atoms with Crippen molar-refractivity contribution in [1.29, 1.82) is 0 Å². The highest BCUT2D eigenvalue weighted by molar-refractivity contribution is 5.44. The van der Waals surface area contributed by atoms with Gasteiger partial charge in [0.25, 0.3) is 0 Å². The predicted octanol–water partition coefficient (Wildman–Crippen LogP) is 4.02. The quantitative estimate of drug-likeness (QED) is 0.608. The zero-order chi connectivity index (χ0) is 14.9. The minimum Gasteiger partial charge on any atom is -0.468 e. The summed E-state index contributed by atoms with van der Waals surface area (Å²) in [4.78, 5) is 0. The van der Waals surface area contributed by atoms with E-state index in [-0.39, 0.29) is 6.79 Å². The number of rotatable bonds is 5. The average Bonchev–Trinajstić information content (AvgIpc) is 2.53. The molecule has 0 spiro atoms. The topological polar surface area (TPSA) is 18.5 Å². The molecule has 0 fully saturated rings. The first-order valence-corrected chi connectivity index (χ1v) is 7.14. The van der Waals surface area contributed by atoms with Gasteiger partial charge < -0.3 is 9.47 Å². The van der Waals surface area contributed by atoms with Crippen molar-refractivity contribution in [2.45, 2.75) is 19.8 Å². The van der Waals surface area contributed by atoms with E-state index in [1.807, 2.05) is 24.3 Å². The Kier molecular flexibility index (Phi) is 5.87. The molecule has 0 radical (unpaired) electrons. The van der Waals surface area contributed by atoms with E-state index in [2.05, 4.69) is 43.0 Å². The van der Waals surface area contributed by atoms with Gasteiger partial charge in [0, 0.05) is 18.2 Å². The second kappa shape index (κ2) is 8.14. The SMILES string of the molecule is CCCc1ccc(C#Cc2ccc(OCOC)cc2)cc1. The molecule has 0 saturated carbocycles. The molecule has 0 unspecified atom stereocenters. The Labute approximate surface area is 126 Å². The van der Waals surface area contributed by atoms with Gasteiger partial charge in [0.15, 0.2) is 6.79 Å². The van der Waals surface area contributed by atoms with Gasteiger partial charge in [0.2, 0.25) is 0 Å². The number of aryl methyl sites for hydroxylation is 1. The number of benzene rings is 2. The summed E-state index contributed by atoms with van der Waals surface area (Å²) >= 11 is 0. The Balaban J connectivity index is 2.01. The summed E-state index contributed by atoms with van der Waals surface area (Å²) in [6.45, 7) is 2.45. The van der Waals surface area contributed by atoms with E-state index in [0.717, 1.165) is 23.3 Å². The molecule has 0 N–H and O–H groups in total. The van der Waals surface area contributed by atoms with E-state index in [1.54, 1.807) is 7.11 Å². The van der Waals surface area contributed by atoms with E-state index < -0.39 is 0 Å². The van der Waals surface area contributed by atoms with Crippen LogP contribution < -0.4 is 4.74 Å². The third kappa shape index (κ3) is 4.98. The van der Waals surface area contributed by atoms with Crippen molar-refractivity contribution in [1.82, 2.24) is 0 Å². The van der Waals surface area contributed by atoms with Gasteiger partial charge in [0.05, 0.1) is 0 Å². The maximum absolute atomic E-state index is 5.34. The van der Waals surface area contributed by atoms with Crippen LogP contribution in [-0.2, 0) is 11.2 Å². The molecule has 0 aliphatic heterocycles. The molecule has 0 amide bonds. The van der Waals surface area contributed by atoms with Gasteiger partial charge in [-0.1, -0.05) is 37.3 Å². The molecule has 2 aromatic rings. The summed E-state index contributed by atoms with van der Waals surface area (Å²) in [6.07, 6.45) is 2.29. The summed E-state index contributed by atoms with van der Waals surface area (Å²) in [7, 11) is 1.60. The number of methoxy groups -OCH3 is 1. The fourth-order valence-electron chi connectivity index (χ4n) is 1.95. The molecule has 0 heterocycles. The first-order valence-electron chi connectivity index (χ1n) is 7.14. The molecule has 2 aromatic carbocycles. The Morgan fingerprint density at radius 3 is 1.95 bits per heavy atom. The van der Waals surface area contributed by atoms with E-state index in [0.29, 0.717) is 0 Å². The predicted molar refractivity (Wildman–Crippen MR) is 85.4 cm³/mol. The first kappa shape index (κ1) is 15.2. The van der Waals surface area contributed by atoms with Gasteiger partial charge in [0.1, 0.15) is 5.75 Å². The molecule has 2 rings (SSSR count). The van der Waals surface area contributed by atoms with Crippen LogP contribution in [0.3, 0.4) is 0 Å². The van der Waals surface area contributed by atoms with Crippen LogP contribution in [0.15, 0.2) is 48.5 Å². The smallest absolute Gasteiger partial charge is 0.188 e. The second-order valence-electron chi connectivity index (χ2n) is 4.77. The van der Waals surface area contributed by atoms with E-state index in [9.17, 15) is 0 Å². The lowest BCUT2D eigenvalue weighted by Crippen LogP contribution is -1.98. The van der Waals surface area contributed by atoms with Crippen molar-refractivity contribution in [2.24, 2.45) is 0 Å². The van der Waals surface area contributed by atoms with E-state index >= 15 is 0 Å². The summed E-state index contributed by atoms with van der Waals surface area (Å²) < 4.78 is 10.2. The maximum atomic E-state index is 5.34. The molecule has 0 aromatic heterocycles. The standard InChI is InChI=1S/C19H20O2/c1-3-4-16-5-7-17(8-6-16)9-10-18-11-13-19(14-12-18)21-15-20-2/h5-8,11-14H,3-4,15H2,1-2H3. The van der Waals surface area contributed by atoms with Crippen LogP contribution in [0.2, 0.25) is 0 Å². The fraction of sp³-hybridized carbons (Fsp3) is 0.263. The minimum atomic E-state index is 0.259. The molecule has 2 nitrogen and oxygen atoms in total. The lowest BCUT2D eigenvalue weighted by Gasteiger charge is -2.03. The van der Waals surface area contributed by atoms with Crippen LogP contribution in [0.5, 0.6) is 5.75 Å². The van der Waals surface area contributed by atoms with Crippen LogP contribution in [0, 0.1) is 11.8 Å². The van der Waals surface area contributed by atoms with Gasteiger partial charge in [-0.3, -0.25) is 0 Å². The largest absolute Gasteiger partial charge is 0.468 e. The van der Waals surface area contributed by atoms with Crippen LogP contribution in [0.25, 0.3) is 0 Å². The number of hydrogen-bond acceptors (Lipinski definition) is 2. The average molecular weight is 280 g/mol. The molecule has 21 heavy (non-hydrogen) atoms. The fourth-order valence-corrected chi connectivity index (χ4v) is 1.95. The molecule has 0 bridgehead atoms. The molecule has 0 aliphatic carbocycles. The summed E-state index contributed by atoms with van der Waals surface area (Å²) in [5.41, 5.74) is 3.37. The Hall–Kier alpha value is -2.24. The van der Waals surface area contributed by atoms with Gasteiger partial charge in [-0.05, 0) is 48.4 Å². The summed E-state index contributed by atoms with van der Waals surface area (Å²) in [6, 6.07) is 16.1. The lowest BCUT2D eigenvalue weighted by molar-refractivity contribution is 0.0511. The maximum Gasteiger partial charge on any atom is 0.188 e. The highest BCUT2D eigenvalue weighted by Gasteiger charge is 1.93.